The third kappa shape index (κ3) is 4.15. The number of benzene rings is 1. The van der Waals surface area contributed by atoms with E-state index in [-0.39, 0.29) is 0 Å². The van der Waals surface area contributed by atoms with Crippen LogP contribution in [0, 0.1) is 22.7 Å². The molecule has 1 aromatic carbocycles. The van der Waals surface area contributed by atoms with Gasteiger partial charge in [-0.3, -0.25) is 0 Å². The Labute approximate surface area is 106 Å². The zero-order valence-corrected chi connectivity index (χ0v) is 10.1. The monoisotopic (exact) mass is 242 g/mol. The van der Waals surface area contributed by atoms with Crippen LogP contribution in [0.25, 0.3) is 0 Å². The Hall–Kier alpha value is -2.53. The lowest BCUT2D eigenvalue weighted by atomic mass is 10.2. The predicted molar refractivity (Wildman–Crippen MR) is 67.6 cm³/mol. The molecule has 1 atom stereocenters. The van der Waals surface area contributed by atoms with Gasteiger partial charge in [-0.1, -0.05) is 13.3 Å². The molecule has 1 unspecified atom stereocenters. The summed E-state index contributed by atoms with van der Waals surface area (Å²) in [5.74, 6) is 0. The molecule has 0 saturated heterocycles. The number of rotatable bonds is 4. The van der Waals surface area contributed by atoms with E-state index in [0.717, 1.165) is 6.42 Å². The molecule has 5 heteroatoms. The van der Waals surface area contributed by atoms with Crippen LogP contribution in [0.4, 0.5) is 10.5 Å². The summed E-state index contributed by atoms with van der Waals surface area (Å²) in [6.45, 7) is 1.95. The molecule has 0 fully saturated rings. The first-order valence-corrected chi connectivity index (χ1v) is 5.67. The minimum absolute atomic E-state index is 0.417. The number of carbonyl (C=O) groups is 1. The second-order valence-corrected chi connectivity index (χ2v) is 3.76. The molecular weight excluding hydrogens is 228 g/mol. The fourth-order valence-electron chi connectivity index (χ4n) is 1.41. The molecule has 0 aliphatic carbocycles. The molecule has 0 radical (unpaired) electrons. The summed E-state index contributed by atoms with van der Waals surface area (Å²) in [5.41, 5.74) is 1.11. The number of nitriles is 2. The van der Waals surface area contributed by atoms with E-state index in [2.05, 4.69) is 10.6 Å². The van der Waals surface area contributed by atoms with Gasteiger partial charge in [0.15, 0.2) is 0 Å². The Morgan fingerprint density at radius 3 is 2.50 bits per heavy atom. The van der Waals surface area contributed by atoms with E-state index in [1.807, 2.05) is 19.1 Å². The van der Waals surface area contributed by atoms with Crippen LogP contribution >= 0.6 is 0 Å². The first-order chi connectivity index (χ1) is 8.69. The molecule has 0 saturated carbocycles. The van der Waals surface area contributed by atoms with Gasteiger partial charge in [0.25, 0.3) is 0 Å². The van der Waals surface area contributed by atoms with Gasteiger partial charge in [-0.2, -0.15) is 10.5 Å². The Balaban J connectivity index is 2.54. The average Bonchev–Trinajstić information content (AvgIpc) is 2.39. The summed E-state index contributed by atoms with van der Waals surface area (Å²) in [7, 11) is 0. The maximum absolute atomic E-state index is 11.6. The van der Waals surface area contributed by atoms with E-state index < -0.39 is 12.1 Å². The lowest BCUT2D eigenvalue weighted by Crippen LogP contribution is -2.36. The van der Waals surface area contributed by atoms with E-state index in [1.54, 1.807) is 24.3 Å². The van der Waals surface area contributed by atoms with Gasteiger partial charge >= 0.3 is 6.03 Å². The van der Waals surface area contributed by atoms with E-state index in [0.29, 0.717) is 17.7 Å². The van der Waals surface area contributed by atoms with Crippen molar-refractivity contribution < 1.29 is 4.79 Å². The van der Waals surface area contributed by atoms with Crippen LogP contribution in [0.15, 0.2) is 24.3 Å². The second-order valence-electron chi connectivity index (χ2n) is 3.76. The molecule has 0 heterocycles. The van der Waals surface area contributed by atoms with Crippen molar-refractivity contribution in [3.8, 4) is 12.1 Å². The number of hydrogen-bond acceptors (Lipinski definition) is 3. The molecule has 0 bridgehead atoms. The average molecular weight is 242 g/mol. The second kappa shape index (κ2) is 6.93. The highest BCUT2D eigenvalue weighted by Gasteiger charge is 2.09. The van der Waals surface area contributed by atoms with Crippen molar-refractivity contribution in [2.75, 3.05) is 5.32 Å². The van der Waals surface area contributed by atoms with Crippen LogP contribution in [0.2, 0.25) is 0 Å². The highest BCUT2D eigenvalue weighted by Crippen LogP contribution is 2.08. The molecule has 92 valence electrons. The molecule has 0 aliphatic heterocycles. The summed E-state index contributed by atoms with van der Waals surface area (Å²) in [4.78, 5) is 11.6. The number of urea groups is 1. The molecular formula is C13H14N4O. The highest BCUT2D eigenvalue weighted by molar-refractivity contribution is 5.89. The van der Waals surface area contributed by atoms with Crippen LogP contribution in [-0.4, -0.2) is 12.1 Å². The standard InChI is InChI=1S/C13H14N4O/c1-2-3-12(9-15)17-13(18)16-11-6-4-10(8-14)5-7-11/h4-7,12H,2-3H2,1H3,(H2,16,17,18). The van der Waals surface area contributed by atoms with Gasteiger partial charge in [0.1, 0.15) is 6.04 Å². The zero-order valence-electron chi connectivity index (χ0n) is 10.1. The fraction of sp³-hybridized carbons (Fsp3) is 0.308. The summed E-state index contributed by atoms with van der Waals surface area (Å²) in [5, 5.41) is 22.6. The summed E-state index contributed by atoms with van der Waals surface area (Å²) in [6, 6.07) is 9.63. The van der Waals surface area contributed by atoms with E-state index in [1.165, 1.54) is 0 Å². The zero-order chi connectivity index (χ0) is 13.4. The molecule has 5 nitrogen and oxygen atoms in total. The number of anilines is 1. The Bertz CT molecular complexity index is 481. The fourth-order valence-corrected chi connectivity index (χ4v) is 1.41. The van der Waals surface area contributed by atoms with Crippen molar-refractivity contribution in [3.05, 3.63) is 29.8 Å². The van der Waals surface area contributed by atoms with Crippen molar-refractivity contribution in [3.63, 3.8) is 0 Å². The lowest BCUT2D eigenvalue weighted by molar-refractivity contribution is 0.250. The van der Waals surface area contributed by atoms with Crippen LogP contribution in [0.1, 0.15) is 25.3 Å². The van der Waals surface area contributed by atoms with Crippen molar-refractivity contribution in [2.45, 2.75) is 25.8 Å². The third-order valence-electron chi connectivity index (χ3n) is 2.31. The summed E-state index contributed by atoms with van der Waals surface area (Å²) < 4.78 is 0. The number of nitrogens with one attached hydrogen (secondary N) is 2. The molecule has 0 aliphatic rings. The number of hydrogen-bond donors (Lipinski definition) is 2. The van der Waals surface area contributed by atoms with Gasteiger partial charge < -0.3 is 10.6 Å². The minimum atomic E-state index is -0.478. The minimum Gasteiger partial charge on any atom is -0.322 e. The Morgan fingerprint density at radius 1 is 1.33 bits per heavy atom. The SMILES string of the molecule is CCCC(C#N)NC(=O)Nc1ccc(C#N)cc1. The molecule has 1 rings (SSSR count). The van der Waals surface area contributed by atoms with Gasteiger partial charge in [0, 0.05) is 5.69 Å². The highest BCUT2D eigenvalue weighted by atomic mass is 16.2. The maximum atomic E-state index is 11.6. The van der Waals surface area contributed by atoms with Gasteiger partial charge in [-0.15, -0.1) is 0 Å². The quantitative estimate of drug-likeness (QED) is 0.849. The molecule has 1 aromatic rings. The van der Waals surface area contributed by atoms with Gasteiger partial charge in [0.2, 0.25) is 0 Å². The van der Waals surface area contributed by atoms with E-state index in [9.17, 15) is 4.79 Å². The van der Waals surface area contributed by atoms with Gasteiger partial charge in [0.05, 0.1) is 17.7 Å². The topological polar surface area (TPSA) is 88.7 Å². The largest absolute Gasteiger partial charge is 0.322 e. The molecule has 2 N–H and O–H groups in total. The van der Waals surface area contributed by atoms with E-state index in [4.69, 9.17) is 10.5 Å². The van der Waals surface area contributed by atoms with Crippen molar-refractivity contribution in [2.24, 2.45) is 0 Å². The maximum Gasteiger partial charge on any atom is 0.320 e. The molecule has 18 heavy (non-hydrogen) atoms. The third-order valence-corrected chi connectivity index (χ3v) is 2.31. The van der Waals surface area contributed by atoms with Crippen molar-refractivity contribution >= 4 is 11.7 Å². The van der Waals surface area contributed by atoms with Crippen LogP contribution < -0.4 is 10.6 Å². The number of amides is 2. The van der Waals surface area contributed by atoms with Crippen molar-refractivity contribution in [1.29, 1.82) is 10.5 Å². The van der Waals surface area contributed by atoms with Gasteiger partial charge in [-0.25, -0.2) is 4.79 Å². The normalized spacial score (nSPS) is 10.8. The first kappa shape index (κ1) is 13.5. The molecule has 0 aromatic heterocycles. The molecule has 2 amide bonds. The number of carbonyl (C=O) groups excluding carboxylic acids is 1. The van der Waals surface area contributed by atoms with Crippen LogP contribution in [0.3, 0.4) is 0 Å². The summed E-state index contributed by atoms with van der Waals surface area (Å²) >= 11 is 0. The lowest BCUT2D eigenvalue weighted by Gasteiger charge is -2.11. The molecule has 0 spiro atoms. The Kier molecular flexibility index (Phi) is 5.21. The Morgan fingerprint density at radius 2 is 2.00 bits per heavy atom. The van der Waals surface area contributed by atoms with Crippen LogP contribution in [0.5, 0.6) is 0 Å². The first-order valence-electron chi connectivity index (χ1n) is 5.67. The summed E-state index contributed by atoms with van der Waals surface area (Å²) in [6.07, 6.45) is 1.45. The van der Waals surface area contributed by atoms with E-state index >= 15 is 0 Å². The van der Waals surface area contributed by atoms with Crippen LogP contribution in [-0.2, 0) is 0 Å². The predicted octanol–water partition coefficient (Wildman–Crippen LogP) is 2.37. The van der Waals surface area contributed by atoms with Crippen molar-refractivity contribution in [1.82, 2.24) is 5.32 Å². The smallest absolute Gasteiger partial charge is 0.320 e. The van der Waals surface area contributed by atoms with Gasteiger partial charge in [-0.05, 0) is 30.7 Å². The number of nitrogens with zero attached hydrogens (tertiary/aromatic N) is 2.